The van der Waals surface area contributed by atoms with E-state index in [-0.39, 0.29) is 12.2 Å². The molecule has 4 atom stereocenters. The number of ether oxygens (including phenoxy) is 1. The van der Waals surface area contributed by atoms with E-state index in [0.717, 1.165) is 36.8 Å². The van der Waals surface area contributed by atoms with E-state index >= 15 is 0 Å². The van der Waals surface area contributed by atoms with E-state index in [4.69, 9.17) is 4.74 Å². The minimum absolute atomic E-state index is 0.0660. The van der Waals surface area contributed by atoms with Gasteiger partial charge in [-0.25, -0.2) is 0 Å². The summed E-state index contributed by atoms with van der Waals surface area (Å²) in [4.78, 5) is 0. The highest BCUT2D eigenvalue weighted by Gasteiger charge is 2.32. The Balaban J connectivity index is 2.38. The van der Waals surface area contributed by atoms with Gasteiger partial charge in [0.05, 0.1) is 24.4 Å². The van der Waals surface area contributed by atoms with Crippen molar-refractivity contribution < 1.29 is 14.9 Å². The molecule has 1 fully saturated rings. The van der Waals surface area contributed by atoms with Crippen LogP contribution in [-0.4, -0.2) is 34.6 Å². The molecule has 1 heterocycles. The molecule has 0 amide bonds. The lowest BCUT2D eigenvalue weighted by Crippen LogP contribution is -2.24. The molecule has 0 aromatic heterocycles. The van der Waals surface area contributed by atoms with Crippen molar-refractivity contribution in [2.75, 3.05) is 0 Å². The second-order valence-corrected chi connectivity index (χ2v) is 8.34. The summed E-state index contributed by atoms with van der Waals surface area (Å²) < 4.78 is 5.70. The Morgan fingerprint density at radius 1 is 1.21 bits per heavy atom. The summed E-state index contributed by atoms with van der Waals surface area (Å²) in [6, 6.07) is 0. The smallest absolute Gasteiger partial charge is 0.0876 e. The second-order valence-electron chi connectivity index (χ2n) is 8.34. The number of aliphatic hydroxyl groups excluding tert-OH is 2. The molecule has 3 nitrogen and oxygen atoms in total. The molecule has 3 heteroatoms. The van der Waals surface area contributed by atoms with Crippen molar-refractivity contribution in [3.05, 3.63) is 72.4 Å². The fraction of sp³-hybridized carbons (Fsp3) is 0.538. The summed E-state index contributed by atoms with van der Waals surface area (Å²) in [6.07, 6.45) is 14.6. The third-order valence-corrected chi connectivity index (χ3v) is 5.17. The van der Waals surface area contributed by atoms with Crippen molar-refractivity contribution in [3.8, 4) is 0 Å². The highest BCUT2D eigenvalue weighted by Crippen LogP contribution is 2.27. The molecule has 1 saturated heterocycles. The van der Waals surface area contributed by atoms with Gasteiger partial charge >= 0.3 is 0 Å². The van der Waals surface area contributed by atoms with E-state index in [0.29, 0.717) is 19.3 Å². The van der Waals surface area contributed by atoms with Crippen LogP contribution < -0.4 is 0 Å². The first kappa shape index (κ1) is 25.4. The predicted molar refractivity (Wildman–Crippen MR) is 124 cm³/mol. The molecule has 0 aromatic carbocycles. The molecule has 1 unspecified atom stereocenters. The van der Waals surface area contributed by atoms with Crippen LogP contribution in [0, 0.1) is 0 Å². The minimum Gasteiger partial charge on any atom is -0.390 e. The largest absolute Gasteiger partial charge is 0.390 e. The average Bonchev–Trinajstić information content (AvgIpc) is 2.96. The summed E-state index contributed by atoms with van der Waals surface area (Å²) >= 11 is 0. The molecular formula is C26H40O3. The summed E-state index contributed by atoms with van der Waals surface area (Å²) in [5.74, 6) is 0. The Bertz CT molecular complexity index is 638. The molecule has 1 aliphatic rings. The molecule has 0 aliphatic carbocycles. The first-order valence-corrected chi connectivity index (χ1v) is 10.7. The van der Waals surface area contributed by atoms with E-state index < -0.39 is 12.2 Å². The Morgan fingerprint density at radius 2 is 1.93 bits per heavy atom. The van der Waals surface area contributed by atoms with E-state index in [1.807, 2.05) is 13.0 Å². The van der Waals surface area contributed by atoms with Gasteiger partial charge in [-0.2, -0.15) is 0 Å². The predicted octanol–water partition coefficient (Wildman–Crippen LogP) is 5.97. The molecule has 0 radical (unpaired) electrons. The Morgan fingerprint density at radius 3 is 2.55 bits per heavy atom. The third-order valence-electron chi connectivity index (χ3n) is 5.17. The van der Waals surface area contributed by atoms with Gasteiger partial charge in [-0.1, -0.05) is 60.3 Å². The quantitative estimate of drug-likeness (QED) is 0.227. The number of allylic oxidation sites excluding steroid dienone is 8. The van der Waals surface area contributed by atoms with Gasteiger partial charge in [0.15, 0.2) is 0 Å². The molecule has 162 valence electrons. The van der Waals surface area contributed by atoms with Gasteiger partial charge in [-0.05, 0) is 64.9 Å². The number of rotatable bonds is 13. The van der Waals surface area contributed by atoms with Crippen molar-refractivity contribution >= 4 is 0 Å². The average molecular weight is 401 g/mol. The monoisotopic (exact) mass is 400 g/mol. The fourth-order valence-electron chi connectivity index (χ4n) is 3.51. The number of hydrogen-bond acceptors (Lipinski definition) is 3. The minimum atomic E-state index is -0.583. The Hall–Kier alpha value is -1.68. The molecular weight excluding hydrogens is 360 g/mol. The second kappa shape index (κ2) is 13.5. The zero-order valence-electron chi connectivity index (χ0n) is 18.6. The highest BCUT2D eigenvalue weighted by molar-refractivity contribution is 5.26. The van der Waals surface area contributed by atoms with Crippen LogP contribution in [0.25, 0.3) is 0 Å². The van der Waals surface area contributed by atoms with Crippen LogP contribution >= 0.6 is 0 Å². The number of aliphatic hydroxyl groups is 2. The van der Waals surface area contributed by atoms with Crippen LogP contribution in [0.3, 0.4) is 0 Å². The van der Waals surface area contributed by atoms with Gasteiger partial charge in [0.25, 0.3) is 0 Å². The molecule has 1 rings (SSSR count). The van der Waals surface area contributed by atoms with Crippen LogP contribution in [0.4, 0.5) is 0 Å². The normalized spacial score (nSPS) is 24.1. The van der Waals surface area contributed by atoms with Crippen molar-refractivity contribution in [2.24, 2.45) is 0 Å². The van der Waals surface area contributed by atoms with Crippen molar-refractivity contribution in [3.63, 3.8) is 0 Å². The molecule has 0 spiro atoms. The lowest BCUT2D eigenvalue weighted by atomic mass is 9.96. The van der Waals surface area contributed by atoms with E-state index in [1.54, 1.807) is 0 Å². The lowest BCUT2D eigenvalue weighted by molar-refractivity contribution is 0.0134. The van der Waals surface area contributed by atoms with Crippen molar-refractivity contribution in [1.82, 2.24) is 0 Å². The van der Waals surface area contributed by atoms with Gasteiger partial charge in [-0.15, -0.1) is 6.58 Å². The fourth-order valence-corrected chi connectivity index (χ4v) is 3.51. The van der Waals surface area contributed by atoms with Crippen molar-refractivity contribution in [2.45, 2.75) is 90.1 Å². The summed E-state index contributed by atoms with van der Waals surface area (Å²) in [7, 11) is 0. The molecule has 1 aliphatic heterocycles. The van der Waals surface area contributed by atoms with Gasteiger partial charge in [0.1, 0.15) is 0 Å². The molecule has 0 bridgehead atoms. The third kappa shape index (κ3) is 10.6. The Labute approximate surface area is 177 Å². The molecule has 0 aromatic rings. The van der Waals surface area contributed by atoms with Crippen LogP contribution in [-0.2, 0) is 4.74 Å². The lowest BCUT2D eigenvalue weighted by Gasteiger charge is -2.19. The molecule has 2 N–H and O–H groups in total. The maximum Gasteiger partial charge on any atom is 0.0876 e. The highest BCUT2D eigenvalue weighted by atomic mass is 16.5. The number of unbranched alkanes of at least 4 members (excludes halogenated alkanes) is 1. The maximum atomic E-state index is 10.4. The summed E-state index contributed by atoms with van der Waals surface area (Å²) in [6.45, 7) is 18.0. The van der Waals surface area contributed by atoms with Gasteiger partial charge in [-0.3, -0.25) is 0 Å². The topological polar surface area (TPSA) is 49.7 Å². The van der Waals surface area contributed by atoms with Crippen LogP contribution in [0.1, 0.15) is 65.7 Å². The first-order chi connectivity index (χ1) is 13.7. The van der Waals surface area contributed by atoms with Crippen molar-refractivity contribution in [1.29, 1.82) is 0 Å². The summed E-state index contributed by atoms with van der Waals surface area (Å²) in [5, 5.41) is 20.4. The maximum absolute atomic E-state index is 10.4. The van der Waals surface area contributed by atoms with Crippen LogP contribution in [0.15, 0.2) is 72.4 Å². The van der Waals surface area contributed by atoms with E-state index in [1.165, 1.54) is 11.1 Å². The number of hydrogen-bond donors (Lipinski definition) is 2. The molecule has 29 heavy (non-hydrogen) atoms. The van der Waals surface area contributed by atoms with Gasteiger partial charge in [0, 0.05) is 6.42 Å². The van der Waals surface area contributed by atoms with Crippen LogP contribution in [0.5, 0.6) is 0 Å². The van der Waals surface area contributed by atoms with Gasteiger partial charge < -0.3 is 14.9 Å². The standard InChI is InChI=1S/C26H40O3/c1-7-8-9-10-11-12-19(2)15-21(4)16-20(3)13-14-24(27)22(5)17-26-25(28)18-23(6)29-26/h7,10-12,16,23-28H,1,4-5,8-9,13-15,17-18H2,2-3,6H3/b11-10+,19-12+,20-16+/t23-,24?,25+,26+/m1/s1. The van der Waals surface area contributed by atoms with E-state index in [2.05, 4.69) is 57.9 Å². The van der Waals surface area contributed by atoms with Crippen LogP contribution in [0.2, 0.25) is 0 Å². The summed E-state index contributed by atoms with van der Waals surface area (Å²) in [5.41, 5.74) is 4.27. The zero-order valence-corrected chi connectivity index (χ0v) is 18.6. The zero-order chi connectivity index (χ0) is 21.8. The first-order valence-electron chi connectivity index (χ1n) is 10.7. The SMILES string of the molecule is C=CCC/C=C/C=C(\C)CC(=C)/C=C(\C)CCC(O)C(=C)C[C@@H]1O[C@H](C)C[C@@H]1O. The van der Waals surface area contributed by atoms with E-state index in [9.17, 15) is 10.2 Å². The molecule has 0 saturated carbocycles. The Kier molecular flexibility index (Phi) is 11.8. The van der Waals surface area contributed by atoms with Gasteiger partial charge in [0.2, 0.25) is 0 Å².